The number of unbranched alkanes of at least 4 members (excludes halogenated alkanes) is 4. The van der Waals surface area contributed by atoms with E-state index in [0.29, 0.717) is 61.2 Å². The van der Waals surface area contributed by atoms with Crippen molar-refractivity contribution in [1.82, 2.24) is 19.9 Å². The number of carbonyl (C=O) groups excluding carboxylic acids is 2. The van der Waals surface area contributed by atoms with Crippen molar-refractivity contribution in [3.63, 3.8) is 0 Å². The Labute approximate surface area is 276 Å². The maximum absolute atomic E-state index is 13.8. The number of anilines is 3. The largest absolute Gasteiger partial charge is 0.343 e. The van der Waals surface area contributed by atoms with E-state index in [1.54, 1.807) is 18.6 Å². The molecule has 0 aliphatic carbocycles. The van der Waals surface area contributed by atoms with Crippen LogP contribution in [0, 0.1) is 5.41 Å². The van der Waals surface area contributed by atoms with E-state index in [1.165, 1.54) is 19.3 Å². The molecule has 2 saturated heterocycles. The molecule has 0 saturated carbocycles. The number of nitrogens with one attached hydrogen (secondary N) is 1. The highest BCUT2D eigenvalue weighted by molar-refractivity contribution is 6.33. The summed E-state index contributed by atoms with van der Waals surface area (Å²) in [6, 6.07) is 20.2. The van der Waals surface area contributed by atoms with Crippen molar-refractivity contribution in [2.45, 2.75) is 64.7 Å². The molecule has 2 aliphatic rings. The standard InChI is InChI=1S/C37H41ClN6O2/c1-2-3-4-5-9-15-33(45)43-19-16-37(17-20-43)18-21-44(35(37)46)31-23-30(24-39-25-31)41-36-40-26-32(38)34(42-36)29-14-10-13-28(22-29)27-11-7-6-8-12-27/h6-8,10-14,22-26H,2-5,9,15-21H2,1H3,(H,40,41,42). The van der Waals surface area contributed by atoms with Crippen LogP contribution in [0.4, 0.5) is 17.3 Å². The molecule has 0 radical (unpaired) electrons. The number of rotatable bonds is 11. The minimum absolute atomic E-state index is 0.126. The number of nitrogens with zero attached hydrogens (tertiary/aromatic N) is 5. The van der Waals surface area contributed by atoms with E-state index >= 15 is 0 Å². The van der Waals surface area contributed by atoms with Gasteiger partial charge in [-0.3, -0.25) is 14.6 Å². The SMILES string of the molecule is CCCCCCCC(=O)N1CCC2(CC1)CCN(c1cncc(Nc3ncc(Cl)c(-c4cccc(-c5ccccc5)c4)n3)c1)C2=O. The van der Waals surface area contributed by atoms with Gasteiger partial charge in [0.2, 0.25) is 17.8 Å². The van der Waals surface area contributed by atoms with Gasteiger partial charge in [-0.15, -0.1) is 0 Å². The first-order chi connectivity index (χ1) is 22.5. The van der Waals surface area contributed by atoms with Gasteiger partial charge >= 0.3 is 0 Å². The number of hydrogen-bond acceptors (Lipinski definition) is 6. The Morgan fingerprint density at radius 3 is 2.41 bits per heavy atom. The first kappa shape index (κ1) is 31.7. The molecule has 4 aromatic rings. The molecule has 2 aliphatic heterocycles. The highest BCUT2D eigenvalue weighted by Gasteiger charge is 2.49. The maximum atomic E-state index is 13.8. The Morgan fingerprint density at radius 1 is 0.870 bits per heavy atom. The van der Waals surface area contributed by atoms with E-state index in [-0.39, 0.29) is 11.8 Å². The Kier molecular flexibility index (Phi) is 9.93. The topological polar surface area (TPSA) is 91.3 Å². The summed E-state index contributed by atoms with van der Waals surface area (Å²) in [6.07, 6.45) is 13.5. The minimum Gasteiger partial charge on any atom is -0.343 e. The molecule has 6 rings (SSSR count). The Balaban J connectivity index is 1.10. The van der Waals surface area contributed by atoms with Gasteiger partial charge in [0, 0.05) is 31.6 Å². The number of pyridine rings is 1. The van der Waals surface area contributed by atoms with Crippen LogP contribution >= 0.6 is 11.6 Å². The molecule has 0 bridgehead atoms. The predicted octanol–water partition coefficient (Wildman–Crippen LogP) is 8.31. The maximum Gasteiger partial charge on any atom is 0.233 e. The molecule has 0 atom stereocenters. The average Bonchev–Trinajstić information content (AvgIpc) is 3.40. The molecule has 1 N–H and O–H groups in total. The van der Waals surface area contributed by atoms with Crippen LogP contribution in [0.5, 0.6) is 0 Å². The molecule has 238 valence electrons. The summed E-state index contributed by atoms with van der Waals surface area (Å²) in [5.74, 6) is 0.740. The van der Waals surface area contributed by atoms with Crippen LogP contribution in [0.3, 0.4) is 0 Å². The van der Waals surface area contributed by atoms with Crippen molar-refractivity contribution in [1.29, 1.82) is 0 Å². The second-order valence-corrected chi connectivity index (χ2v) is 12.8. The average molecular weight is 637 g/mol. The molecule has 2 amide bonds. The Bertz CT molecular complexity index is 1670. The summed E-state index contributed by atoms with van der Waals surface area (Å²) in [6.45, 7) is 4.13. The van der Waals surface area contributed by atoms with Crippen molar-refractivity contribution < 1.29 is 9.59 Å². The van der Waals surface area contributed by atoms with Crippen molar-refractivity contribution in [3.8, 4) is 22.4 Å². The van der Waals surface area contributed by atoms with E-state index in [1.807, 2.05) is 46.2 Å². The molecule has 2 aromatic heterocycles. The molecule has 2 aromatic carbocycles. The third-order valence-electron chi connectivity index (χ3n) is 9.36. The lowest BCUT2D eigenvalue weighted by Crippen LogP contribution is -2.46. The number of amides is 2. The summed E-state index contributed by atoms with van der Waals surface area (Å²) in [5.41, 5.74) is 4.70. The predicted molar refractivity (Wildman–Crippen MR) is 184 cm³/mol. The second kappa shape index (κ2) is 14.4. The van der Waals surface area contributed by atoms with E-state index in [2.05, 4.69) is 46.5 Å². The summed E-state index contributed by atoms with van der Waals surface area (Å²) in [7, 11) is 0. The fourth-order valence-corrected chi connectivity index (χ4v) is 6.83. The first-order valence-corrected chi connectivity index (χ1v) is 16.8. The summed E-state index contributed by atoms with van der Waals surface area (Å²) in [5, 5.41) is 3.71. The van der Waals surface area contributed by atoms with Crippen LogP contribution in [0.25, 0.3) is 22.4 Å². The Hall–Kier alpha value is -4.30. The number of piperidine rings is 1. The number of aromatic nitrogens is 3. The molecule has 2 fully saturated rings. The molecule has 9 heteroatoms. The van der Waals surface area contributed by atoms with Gasteiger partial charge in [0.25, 0.3) is 0 Å². The number of carbonyl (C=O) groups is 2. The first-order valence-electron chi connectivity index (χ1n) is 16.5. The third kappa shape index (κ3) is 7.07. The van der Waals surface area contributed by atoms with Gasteiger partial charge in [0.05, 0.1) is 46.1 Å². The lowest BCUT2D eigenvalue weighted by molar-refractivity contribution is -0.137. The summed E-state index contributed by atoms with van der Waals surface area (Å²) in [4.78, 5) is 44.0. The normalized spacial score (nSPS) is 15.8. The van der Waals surface area contributed by atoms with Crippen LogP contribution in [0.15, 0.2) is 79.3 Å². The second-order valence-electron chi connectivity index (χ2n) is 12.4. The number of hydrogen-bond donors (Lipinski definition) is 1. The lowest BCUT2D eigenvalue weighted by Gasteiger charge is -2.38. The van der Waals surface area contributed by atoms with E-state index in [9.17, 15) is 9.59 Å². The van der Waals surface area contributed by atoms with Crippen LogP contribution in [-0.4, -0.2) is 51.3 Å². The minimum atomic E-state index is -0.413. The molecule has 1 spiro atoms. The van der Waals surface area contributed by atoms with Gasteiger partial charge in [-0.2, -0.15) is 0 Å². The van der Waals surface area contributed by atoms with Crippen molar-refractivity contribution in [2.24, 2.45) is 5.41 Å². The smallest absolute Gasteiger partial charge is 0.233 e. The molecular formula is C37H41ClN6O2. The number of likely N-dealkylation sites (tertiary alicyclic amines) is 1. The zero-order chi connectivity index (χ0) is 31.9. The summed E-state index contributed by atoms with van der Waals surface area (Å²) < 4.78 is 0. The fourth-order valence-electron chi connectivity index (χ4n) is 6.63. The molecule has 8 nitrogen and oxygen atoms in total. The molecular weight excluding hydrogens is 596 g/mol. The van der Waals surface area contributed by atoms with E-state index in [0.717, 1.165) is 41.6 Å². The zero-order valence-corrected chi connectivity index (χ0v) is 27.2. The van der Waals surface area contributed by atoms with Crippen molar-refractivity contribution in [2.75, 3.05) is 29.9 Å². The van der Waals surface area contributed by atoms with Gasteiger partial charge in [-0.1, -0.05) is 92.7 Å². The van der Waals surface area contributed by atoms with Gasteiger partial charge in [-0.05, 0) is 48.9 Å². The van der Waals surface area contributed by atoms with Crippen LogP contribution in [0.2, 0.25) is 5.02 Å². The third-order valence-corrected chi connectivity index (χ3v) is 9.64. The van der Waals surface area contributed by atoms with Crippen LogP contribution in [0.1, 0.15) is 64.7 Å². The quantitative estimate of drug-likeness (QED) is 0.167. The van der Waals surface area contributed by atoms with Gasteiger partial charge in [-0.25, -0.2) is 9.97 Å². The molecule has 4 heterocycles. The van der Waals surface area contributed by atoms with Gasteiger partial charge in [0.1, 0.15) is 0 Å². The molecule has 0 unspecified atom stereocenters. The summed E-state index contributed by atoms with van der Waals surface area (Å²) >= 11 is 6.56. The lowest BCUT2D eigenvalue weighted by atomic mass is 9.77. The van der Waals surface area contributed by atoms with Crippen molar-refractivity contribution in [3.05, 3.63) is 84.3 Å². The van der Waals surface area contributed by atoms with Crippen LogP contribution < -0.4 is 10.2 Å². The van der Waals surface area contributed by atoms with Gasteiger partial charge < -0.3 is 15.1 Å². The van der Waals surface area contributed by atoms with Crippen LogP contribution in [-0.2, 0) is 9.59 Å². The fraction of sp³-hybridized carbons (Fsp3) is 0.378. The molecule has 46 heavy (non-hydrogen) atoms. The number of halogens is 1. The van der Waals surface area contributed by atoms with E-state index < -0.39 is 5.41 Å². The highest BCUT2D eigenvalue weighted by Crippen LogP contribution is 2.43. The number of benzene rings is 2. The Morgan fingerprint density at radius 2 is 1.61 bits per heavy atom. The van der Waals surface area contributed by atoms with Crippen molar-refractivity contribution >= 4 is 40.7 Å². The zero-order valence-electron chi connectivity index (χ0n) is 26.4. The highest BCUT2D eigenvalue weighted by atomic mass is 35.5. The monoisotopic (exact) mass is 636 g/mol. The van der Waals surface area contributed by atoms with Gasteiger partial charge in [0.15, 0.2) is 0 Å². The van der Waals surface area contributed by atoms with E-state index in [4.69, 9.17) is 16.6 Å².